The number of aromatic nitrogens is 2. The van der Waals surface area contributed by atoms with Crippen LogP contribution >= 0.6 is 22.9 Å². The van der Waals surface area contributed by atoms with Crippen molar-refractivity contribution in [3.05, 3.63) is 40.1 Å². The van der Waals surface area contributed by atoms with Gasteiger partial charge in [0.25, 0.3) is 5.91 Å². The summed E-state index contributed by atoms with van der Waals surface area (Å²) in [6.45, 7) is 1.92. The van der Waals surface area contributed by atoms with E-state index >= 15 is 0 Å². The predicted octanol–water partition coefficient (Wildman–Crippen LogP) is 2.75. The third-order valence-corrected chi connectivity index (χ3v) is 2.97. The second-order valence-electron chi connectivity index (χ2n) is 3.07. The smallest absolute Gasteiger partial charge is 0.260 e. The Morgan fingerprint density at radius 2 is 2.31 bits per heavy atom. The first-order valence-electron chi connectivity index (χ1n) is 4.51. The van der Waals surface area contributed by atoms with Crippen LogP contribution in [0.25, 0.3) is 0 Å². The Kier molecular flexibility index (Phi) is 3.17. The number of nitrogens with one attached hydrogen (secondary N) is 1. The third-order valence-electron chi connectivity index (χ3n) is 1.85. The van der Waals surface area contributed by atoms with Gasteiger partial charge in [-0.25, -0.2) is 9.97 Å². The van der Waals surface area contributed by atoms with E-state index in [-0.39, 0.29) is 11.1 Å². The Morgan fingerprint density at radius 1 is 1.50 bits per heavy atom. The van der Waals surface area contributed by atoms with Crippen LogP contribution in [0, 0.1) is 6.92 Å². The zero-order valence-electron chi connectivity index (χ0n) is 8.40. The highest BCUT2D eigenvalue weighted by Gasteiger charge is 2.11. The minimum absolute atomic E-state index is 0.188. The second kappa shape index (κ2) is 4.59. The number of rotatable bonds is 2. The van der Waals surface area contributed by atoms with Gasteiger partial charge in [0.1, 0.15) is 5.15 Å². The van der Waals surface area contributed by atoms with Gasteiger partial charge in [0.2, 0.25) is 0 Å². The summed E-state index contributed by atoms with van der Waals surface area (Å²) < 4.78 is 0. The zero-order chi connectivity index (χ0) is 11.5. The largest absolute Gasteiger partial charge is 0.298 e. The minimum Gasteiger partial charge on any atom is -0.298 e. The van der Waals surface area contributed by atoms with Gasteiger partial charge < -0.3 is 0 Å². The molecule has 0 atom stereocenters. The number of aryl methyl sites for hydroxylation is 1. The number of amides is 1. The Hall–Kier alpha value is -1.46. The maximum atomic E-state index is 11.8. The number of carbonyl (C=O) groups excluding carboxylic acids is 1. The van der Waals surface area contributed by atoms with Gasteiger partial charge in [0.05, 0.1) is 5.56 Å². The lowest BCUT2D eigenvalue weighted by atomic mass is 10.3. The van der Waals surface area contributed by atoms with Crippen molar-refractivity contribution < 1.29 is 4.79 Å². The molecule has 16 heavy (non-hydrogen) atoms. The molecule has 6 heteroatoms. The fourth-order valence-corrected chi connectivity index (χ4v) is 2.00. The highest BCUT2D eigenvalue weighted by atomic mass is 35.5. The summed E-state index contributed by atoms with van der Waals surface area (Å²) >= 11 is 7.21. The van der Waals surface area contributed by atoms with Crippen molar-refractivity contribution in [1.29, 1.82) is 0 Å². The van der Waals surface area contributed by atoms with Gasteiger partial charge in [-0.3, -0.25) is 10.1 Å². The third kappa shape index (κ3) is 2.37. The Balaban J connectivity index is 2.18. The van der Waals surface area contributed by atoms with E-state index in [4.69, 9.17) is 11.6 Å². The summed E-state index contributed by atoms with van der Waals surface area (Å²) in [7, 11) is 0. The number of hydrogen-bond donors (Lipinski definition) is 1. The van der Waals surface area contributed by atoms with E-state index in [9.17, 15) is 4.79 Å². The van der Waals surface area contributed by atoms with Crippen LogP contribution in [-0.2, 0) is 0 Å². The minimum atomic E-state index is -0.299. The molecule has 2 rings (SSSR count). The van der Waals surface area contributed by atoms with Gasteiger partial charge in [0.15, 0.2) is 5.13 Å². The SMILES string of the molecule is Cc1cnc(NC(=O)c2cccnc2Cl)s1. The van der Waals surface area contributed by atoms with Crippen molar-refractivity contribution in [3.63, 3.8) is 0 Å². The molecule has 0 aliphatic heterocycles. The first-order valence-corrected chi connectivity index (χ1v) is 5.70. The van der Waals surface area contributed by atoms with E-state index < -0.39 is 0 Å². The average molecular weight is 254 g/mol. The van der Waals surface area contributed by atoms with E-state index in [0.717, 1.165) is 4.88 Å². The van der Waals surface area contributed by atoms with Crippen LogP contribution in [0.5, 0.6) is 0 Å². The molecular weight excluding hydrogens is 246 g/mol. The fraction of sp³-hybridized carbons (Fsp3) is 0.100. The first-order chi connectivity index (χ1) is 7.66. The quantitative estimate of drug-likeness (QED) is 0.838. The number of nitrogens with zero attached hydrogens (tertiary/aromatic N) is 2. The van der Waals surface area contributed by atoms with Gasteiger partial charge in [-0.15, -0.1) is 11.3 Å². The number of thiazole rings is 1. The van der Waals surface area contributed by atoms with Crippen molar-refractivity contribution in [1.82, 2.24) is 9.97 Å². The normalized spacial score (nSPS) is 10.1. The summed E-state index contributed by atoms with van der Waals surface area (Å²) in [5, 5.41) is 3.41. The van der Waals surface area contributed by atoms with Crippen molar-refractivity contribution in [2.45, 2.75) is 6.92 Å². The summed E-state index contributed by atoms with van der Waals surface area (Å²) in [5.74, 6) is -0.299. The van der Waals surface area contributed by atoms with Gasteiger partial charge >= 0.3 is 0 Å². The fourth-order valence-electron chi connectivity index (χ4n) is 1.13. The molecule has 0 fully saturated rings. The van der Waals surface area contributed by atoms with E-state index in [1.54, 1.807) is 18.3 Å². The van der Waals surface area contributed by atoms with Gasteiger partial charge in [-0.1, -0.05) is 11.6 Å². The van der Waals surface area contributed by atoms with E-state index in [0.29, 0.717) is 10.7 Å². The molecule has 2 aromatic heterocycles. The highest BCUT2D eigenvalue weighted by molar-refractivity contribution is 7.15. The van der Waals surface area contributed by atoms with Crippen molar-refractivity contribution in [2.24, 2.45) is 0 Å². The number of anilines is 1. The van der Waals surface area contributed by atoms with E-state index in [1.807, 2.05) is 6.92 Å². The van der Waals surface area contributed by atoms with Crippen LogP contribution < -0.4 is 5.32 Å². The molecule has 2 aromatic rings. The Bertz CT molecular complexity index is 526. The van der Waals surface area contributed by atoms with Crippen molar-refractivity contribution >= 4 is 34.0 Å². The maximum absolute atomic E-state index is 11.8. The van der Waals surface area contributed by atoms with E-state index in [2.05, 4.69) is 15.3 Å². The monoisotopic (exact) mass is 253 g/mol. The summed E-state index contributed by atoms with van der Waals surface area (Å²) in [4.78, 5) is 20.7. The number of carbonyl (C=O) groups is 1. The van der Waals surface area contributed by atoms with Gasteiger partial charge in [-0.2, -0.15) is 0 Å². The van der Waals surface area contributed by atoms with E-state index in [1.165, 1.54) is 17.5 Å². The first kappa shape index (κ1) is 11.0. The molecule has 0 spiro atoms. The summed E-state index contributed by atoms with van der Waals surface area (Å²) in [6, 6.07) is 3.28. The number of halogens is 1. The molecule has 2 heterocycles. The molecule has 0 aliphatic carbocycles. The van der Waals surface area contributed by atoms with Crippen molar-refractivity contribution in [2.75, 3.05) is 5.32 Å². The molecule has 0 aromatic carbocycles. The van der Waals surface area contributed by atoms with Crippen LogP contribution in [0.1, 0.15) is 15.2 Å². The van der Waals surface area contributed by atoms with Crippen LogP contribution in [0.3, 0.4) is 0 Å². The van der Waals surface area contributed by atoms with Gasteiger partial charge in [0, 0.05) is 17.3 Å². The van der Waals surface area contributed by atoms with Crippen LogP contribution in [-0.4, -0.2) is 15.9 Å². The number of hydrogen-bond acceptors (Lipinski definition) is 4. The molecule has 1 amide bonds. The lowest BCUT2D eigenvalue weighted by molar-refractivity contribution is 0.102. The van der Waals surface area contributed by atoms with Crippen LogP contribution in [0.15, 0.2) is 24.5 Å². The molecule has 4 nitrogen and oxygen atoms in total. The summed E-state index contributed by atoms with van der Waals surface area (Å²) in [6.07, 6.45) is 3.23. The predicted molar refractivity (Wildman–Crippen MR) is 64.1 cm³/mol. The topological polar surface area (TPSA) is 54.9 Å². The highest BCUT2D eigenvalue weighted by Crippen LogP contribution is 2.19. The molecule has 0 saturated carbocycles. The molecule has 0 unspecified atom stereocenters. The van der Waals surface area contributed by atoms with Crippen LogP contribution in [0.4, 0.5) is 5.13 Å². The lowest BCUT2D eigenvalue weighted by Gasteiger charge is -2.02. The second-order valence-corrected chi connectivity index (χ2v) is 4.66. The molecule has 0 bridgehead atoms. The standard InChI is InChI=1S/C10H8ClN3OS/c1-6-5-13-10(16-6)14-9(15)7-3-2-4-12-8(7)11/h2-5H,1H3,(H,13,14,15). The maximum Gasteiger partial charge on any atom is 0.260 e. The molecular formula is C10H8ClN3OS. The van der Waals surface area contributed by atoms with Crippen molar-refractivity contribution in [3.8, 4) is 0 Å². The Labute approximate surface area is 101 Å². The summed E-state index contributed by atoms with van der Waals surface area (Å²) in [5.41, 5.74) is 0.344. The van der Waals surface area contributed by atoms with Gasteiger partial charge in [-0.05, 0) is 19.1 Å². The molecule has 1 N–H and O–H groups in total. The molecule has 0 aliphatic rings. The average Bonchev–Trinajstić information content (AvgIpc) is 2.64. The zero-order valence-corrected chi connectivity index (χ0v) is 9.97. The Morgan fingerprint density at radius 3 is 2.94 bits per heavy atom. The lowest BCUT2D eigenvalue weighted by Crippen LogP contribution is -2.12. The molecule has 0 radical (unpaired) electrons. The number of pyridine rings is 1. The van der Waals surface area contributed by atoms with Crippen LogP contribution in [0.2, 0.25) is 5.15 Å². The molecule has 0 saturated heterocycles. The molecule has 82 valence electrons.